The third-order valence-electron chi connectivity index (χ3n) is 4.15. The molecular weight excluding hydrogens is 366 g/mol. The fourth-order valence-electron chi connectivity index (χ4n) is 2.46. The standard InChI is InChI=1S/C20H19NO3S2/c1-14-8-10-18(12-15(14)2)26(23,24)21-13-17-9-11-19(25-17)20(22)16-6-4-3-5-7-16/h3-12,21H,13H2,1-2H3. The van der Waals surface area contributed by atoms with Gasteiger partial charge in [-0.15, -0.1) is 11.3 Å². The van der Waals surface area contributed by atoms with E-state index in [0.717, 1.165) is 16.0 Å². The van der Waals surface area contributed by atoms with Gasteiger partial charge in [0.2, 0.25) is 15.8 Å². The van der Waals surface area contributed by atoms with Crippen molar-refractivity contribution >= 4 is 27.1 Å². The van der Waals surface area contributed by atoms with Crippen molar-refractivity contribution in [2.45, 2.75) is 25.3 Å². The molecule has 4 nitrogen and oxygen atoms in total. The zero-order chi connectivity index (χ0) is 18.7. The van der Waals surface area contributed by atoms with Crippen LogP contribution in [-0.4, -0.2) is 14.2 Å². The molecule has 0 bridgehead atoms. The lowest BCUT2D eigenvalue weighted by Gasteiger charge is -2.08. The molecule has 0 aliphatic rings. The SMILES string of the molecule is Cc1ccc(S(=O)(=O)NCc2ccc(C(=O)c3ccccc3)s2)cc1C. The van der Waals surface area contributed by atoms with Crippen molar-refractivity contribution in [1.29, 1.82) is 0 Å². The summed E-state index contributed by atoms with van der Waals surface area (Å²) in [5, 5.41) is 0. The van der Waals surface area contributed by atoms with Gasteiger partial charge in [-0.05, 0) is 49.2 Å². The summed E-state index contributed by atoms with van der Waals surface area (Å²) >= 11 is 1.30. The highest BCUT2D eigenvalue weighted by atomic mass is 32.2. The fourth-order valence-corrected chi connectivity index (χ4v) is 4.55. The van der Waals surface area contributed by atoms with Gasteiger partial charge in [-0.2, -0.15) is 0 Å². The molecule has 0 atom stereocenters. The number of benzene rings is 2. The number of hydrogen-bond donors (Lipinski definition) is 1. The average Bonchev–Trinajstić information content (AvgIpc) is 3.11. The third-order valence-corrected chi connectivity index (χ3v) is 6.63. The summed E-state index contributed by atoms with van der Waals surface area (Å²) in [6, 6.07) is 17.6. The van der Waals surface area contributed by atoms with E-state index >= 15 is 0 Å². The van der Waals surface area contributed by atoms with E-state index < -0.39 is 10.0 Å². The van der Waals surface area contributed by atoms with Crippen LogP contribution >= 0.6 is 11.3 Å². The summed E-state index contributed by atoms with van der Waals surface area (Å²) in [7, 11) is -3.59. The van der Waals surface area contributed by atoms with Crippen LogP contribution in [0.1, 0.15) is 31.2 Å². The molecular formula is C20H19NO3S2. The molecule has 0 saturated heterocycles. The van der Waals surface area contributed by atoms with Crippen molar-refractivity contribution in [3.05, 3.63) is 87.1 Å². The lowest BCUT2D eigenvalue weighted by atomic mass is 10.1. The van der Waals surface area contributed by atoms with Gasteiger partial charge in [-0.1, -0.05) is 36.4 Å². The molecule has 0 saturated carbocycles. The van der Waals surface area contributed by atoms with Crippen molar-refractivity contribution < 1.29 is 13.2 Å². The molecule has 1 N–H and O–H groups in total. The number of ketones is 1. The van der Waals surface area contributed by atoms with E-state index in [9.17, 15) is 13.2 Å². The van der Waals surface area contributed by atoms with E-state index in [-0.39, 0.29) is 17.2 Å². The Labute approximate surface area is 157 Å². The van der Waals surface area contributed by atoms with Crippen LogP contribution in [0, 0.1) is 13.8 Å². The molecule has 0 spiro atoms. The van der Waals surface area contributed by atoms with E-state index in [0.29, 0.717) is 10.4 Å². The van der Waals surface area contributed by atoms with Gasteiger partial charge in [0.05, 0.1) is 9.77 Å². The van der Waals surface area contributed by atoms with Crippen molar-refractivity contribution in [1.82, 2.24) is 4.72 Å². The highest BCUT2D eigenvalue weighted by Crippen LogP contribution is 2.21. The maximum Gasteiger partial charge on any atom is 0.240 e. The molecule has 3 aromatic rings. The smallest absolute Gasteiger partial charge is 0.240 e. The summed E-state index contributed by atoms with van der Waals surface area (Å²) in [4.78, 5) is 14.1. The zero-order valence-electron chi connectivity index (χ0n) is 14.5. The molecule has 1 aromatic heterocycles. The number of nitrogens with one attached hydrogen (secondary N) is 1. The van der Waals surface area contributed by atoms with Crippen molar-refractivity contribution in [2.75, 3.05) is 0 Å². The predicted molar refractivity (Wildman–Crippen MR) is 104 cm³/mol. The van der Waals surface area contributed by atoms with Crippen molar-refractivity contribution in [3.63, 3.8) is 0 Å². The van der Waals surface area contributed by atoms with Gasteiger partial charge in [0.1, 0.15) is 0 Å². The number of aryl methyl sites for hydroxylation is 2. The Bertz CT molecular complexity index is 1040. The molecule has 0 aliphatic carbocycles. The molecule has 0 aliphatic heterocycles. The maximum atomic E-state index is 12.5. The topological polar surface area (TPSA) is 63.2 Å². The number of thiophene rings is 1. The Morgan fingerprint density at radius 2 is 1.69 bits per heavy atom. The quantitative estimate of drug-likeness (QED) is 0.651. The Hall–Kier alpha value is -2.28. The molecule has 26 heavy (non-hydrogen) atoms. The summed E-state index contributed by atoms with van der Waals surface area (Å²) in [5.74, 6) is -0.0566. The summed E-state index contributed by atoms with van der Waals surface area (Å²) in [6.45, 7) is 3.98. The Kier molecular flexibility index (Phi) is 5.36. The van der Waals surface area contributed by atoms with E-state index in [4.69, 9.17) is 0 Å². The van der Waals surface area contributed by atoms with Gasteiger partial charge in [0.15, 0.2) is 0 Å². The van der Waals surface area contributed by atoms with Crippen LogP contribution in [0.3, 0.4) is 0 Å². The predicted octanol–water partition coefficient (Wildman–Crippen LogP) is 4.07. The lowest BCUT2D eigenvalue weighted by Crippen LogP contribution is -2.22. The first-order chi connectivity index (χ1) is 12.4. The van der Waals surface area contributed by atoms with E-state index in [1.165, 1.54) is 11.3 Å². The third kappa shape index (κ3) is 4.09. The van der Waals surface area contributed by atoms with E-state index in [2.05, 4.69) is 4.72 Å². The minimum Gasteiger partial charge on any atom is -0.288 e. The van der Waals surface area contributed by atoms with Crippen LogP contribution in [-0.2, 0) is 16.6 Å². The first kappa shape index (κ1) is 18.5. The largest absolute Gasteiger partial charge is 0.288 e. The highest BCUT2D eigenvalue weighted by Gasteiger charge is 2.16. The Balaban J connectivity index is 1.71. The van der Waals surface area contributed by atoms with Crippen LogP contribution < -0.4 is 4.72 Å². The molecule has 0 unspecified atom stereocenters. The Morgan fingerprint density at radius 1 is 0.962 bits per heavy atom. The minimum atomic E-state index is -3.59. The summed E-state index contributed by atoms with van der Waals surface area (Å²) in [5.41, 5.74) is 2.60. The first-order valence-corrected chi connectivity index (χ1v) is 10.4. The second kappa shape index (κ2) is 7.53. The monoisotopic (exact) mass is 385 g/mol. The van der Waals surface area contributed by atoms with Crippen LogP contribution in [0.2, 0.25) is 0 Å². The second-order valence-electron chi connectivity index (χ2n) is 6.03. The Morgan fingerprint density at radius 3 is 2.38 bits per heavy atom. The molecule has 0 amide bonds. The van der Waals surface area contributed by atoms with Gasteiger partial charge in [-0.3, -0.25) is 4.79 Å². The minimum absolute atomic E-state index is 0.0566. The number of carbonyl (C=O) groups is 1. The fraction of sp³-hybridized carbons (Fsp3) is 0.150. The van der Waals surface area contributed by atoms with Gasteiger partial charge in [-0.25, -0.2) is 13.1 Å². The normalized spacial score (nSPS) is 11.5. The van der Waals surface area contributed by atoms with E-state index in [1.54, 1.807) is 42.5 Å². The average molecular weight is 386 g/mol. The van der Waals surface area contributed by atoms with Crippen LogP contribution in [0.4, 0.5) is 0 Å². The van der Waals surface area contributed by atoms with Crippen LogP contribution in [0.15, 0.2) is 65.6 Å². The number of sulfonamides is 1. The van der Waals surface area contributed by atoms with E-state index in [1.807, 2.05) is 32.0 Å². The van der Waals surface area contributed by atoms with Gasteiger partial charge < -0.3 is 0 Å². The highest BCUT2D eigenvalue weighted by molar-refractivity contribution is 7.89. The molecule has 1 heterocycles. The van der Waals surface area contributed by atoms with Gasteiger partial charge in [0, 0.05) is 17.0 Å². The lowest BCUT2D eigenvalue weighted by molar-refractivity contribution is 0.104. The molecule has 0 radical (unpaired) electrons. The number of rotatable bonds is 6. The number of carbonyl (C=O) groups excluding carboxylic acids is 1. The molecule has 134 valence electrons. The maximum absolute atomic E-state index is 12.5. The molecule has 0 fully saturated rings. The molecule has 2 aromatic carbocycles. The van der Waals surface area contributed by atoms with Crippen molar-refractivity contribution in [3.8, 4) is 0 Å². The van der Waals surface area contributed by atoms with Crippen LogP contribution in [0.5, 0.6) is 0 Å². The zero-order valence-corrected chi connectivity index (χ0v) is 16.2. The first-order valence-electron chi connectivity index (χ1n) is 8.12. The summed E-state index contributed by atoms with van der Waals surface area (Å²) < 4.78 is 27.5. The van der Waals surface area contributed by atoms with Crippen molar-refractivity contribution in [2.24, 2.45) is 0 Å². The molecule has 6 heteroatoms. The summed E-state index contributed by atoms with van der Waals surface area (Å²) in [6.07, 6.45) is 0. The second-order valence-corrected chi connectivity index (χ2v) is 8.97. The molecule has 3 rings (SSSR count). The van der Waals surface area contributed by atoms with Gasteiger partial charge in [0.25, 0.3) is 0 Å². The van der Waals surface area contributed by atoms with Crippen LogP contribution in [0.25, 0.3) is 0 Å². The number of hydrogen-bond acceptors (Lipinski definition) is 4. The van der Waals surface area contributed by atoms with Gasteiger partial charge >= 0.3 is 0 Å².